The van der Waals surface area contributed by atoms with Crippen molar-refractivity contribution in [3.05, 3.63) is 52.1 Å². The van der Waals surface area contributed by atoms with Gasteiger partial charge in [0.15, 0.2) is 11.6 Å². The summed E-state index contributed by atoms with van der Waals surface area (Å²) in [7, 11) is 9.09. The maximum absolute atomic E-state index is 11.9. The Balaban J connectivity index is 0. The second-order valence-corrected chi connectivity index (χ2v) is 13.8. The number of ether oxygens (including phenoxy) is 3. The van der Waals surface area contributed by atoms with Crippen LogP contribution in [0, 0.1) is 12.8 Å². The van der Waals surface area contributed by atoms with E-state index in [0.717, 1.165) is 79.1 Å². The molecule has 0 aliphatic carbocycles. The van der Waals surface area contributed by atoms with E-state index in [-0.39, 0.29) is 40.9 Å². The zero-order valence-electron chi connectivity index (χ0n) is 38.2. The summed E-state index contributed by atoms with van der Waals surface area (Å²) in [4.78, 5) is 56.4. The Morgan fingerprint density at radius 3 is 1.72 bits per heavy atom. The average molecular weight is 816 g/mol. The minimum Gasteiger partial charge on any atom is -0.493 e. The highest BCUT2D eigenvalue weighted by Crippen LogP contribution is 2.36. The van der Waals surface area contributed by atoms with Crippen molar-refractivity contribution in [1.29, 1.82) is 0 Å². The molecule has 0 amide bonds. The van der Waals surface area contributed by atoms with Crippen LogP contribution in [-0.4, -0.2) is 103 Å². The van der Waals surface area contributed by atoms with E-state index in [9.17, 15) is 24.0 Å². The lowest BCUT2D eigenvalue weighted by Gasteiger charge is -2.19. The van der Waals surface area contributed by atoms with Gasteiger partial charge in [0.1, 0.15) is 41.3 Å². The SMILES string of the molecule is CCCCC(=O)[C@H](CC(C)=O)NC.CCCc1c(C(C)=O)cc(OCC)c(C)c1OCC.CNCC(CNC)C(C)=O.CNCOc1ccc(CNC)cc1C(C)=O. The Kier molecular flexibility index (Phi) is 32.8. The Morgan fingerprint density at radius 1 is 0.690 bits per heavy atom. The highest BCUT2D eigenvalue weighted by atomic mass is 16.5. The quantitative estimate of drug-likeness (QED) is 0.0580. The van der Waals surface area contributed by atoms with Gasteiger partial charge in [-0.25, -0.2) is 0 Å². The third-order valence-electron chi connectivity index (χ3n) is 8.71. The third-order valence-corrected chi connectivity index (χ3v) is 8.71. The summed E-state index contributed by atoms with van der Waals surface area (Å²) in [5, 5.41) is 14.7. The number of carbonyl (C=O) groups is 5. The van der Waals surface area contributed by atoms with Crippen molar-refractivity contribution >= 4 is 28.9 Å². The zero-order chi connectivity index (χ0) is 44.6. The van der Waals surface area contributed by atoms with Crippen molar-refractivity contribution in [2.24, 2.45) is 5.92 Å². The van der Waals surface area contributed by atoms with Crippen LogP contribution >= 0.6 is 0 Å². The van der Waals surface area contributed by atoms with Crippen molar-refractivity contribution in [3.8, 4) is 17.2 Å². The summed E-state index contributed by atoms with van der Waals surface area (Å²) in [6.45, 7) is 20.1. The number of Topliss-reactive ketones (excluding diaryl/α,β-unsaturated/α-hetero) is 5. The van der Waals surface area contributed by atoms with Gasteiger partial charge in [0.2, 0.25) is 0 Å². The largest absolute Gasteiger partial charge is 0.493 e. The lowest BCUT2D eigenvalue weighted by Crippen LogP contribution is -2.35. The van der Waals surface area contributed by atoms with Crippen LogP contribution in [0.15, 0.2) is 24.3 Å². The molecule has 2 rings (SSSR count). The fourth-order valence-corrected chi connectivity index (χ4v) is 5.73. The second-order valence-electron chi connectivity index (χ2n) is 13.8. The van der Waals surface area contributed by atoms with Gasteiger partial charge in [0.05, 0.1) is 24.8 Å². The topological polar surface area (TPSA) is 173 Å². The number of hydrogen-bond acceptors (Lipinski definition) is 13. The molecule has 0 fully saturated rings. The van der Waals surface area contributed by atoms with E-state index < -0.39 is 0 Å². The molecule has 0 saturated heterocycles. The zero-order valence-corrected chi connectivity index (χ0v) is 38.2. The predicted octanol–water partition coefficient (Wildman–Crippen LogP) is 6.06. The van der Waals surface area contributed by atoms with Gasteiger partial charge < -0.3 is 35.5 Å². The van der Waals surface area contributed by atoms with Crippen LogP contribution < -0.4 is 40.8 Å². The fraction of sp³-hybridized carbons (Fsp3) is 0.622. The number of rotatable bonds is 25. The smallest absolute Gasteiger partial charge is 0.163 e. The highest BCUT2D eigenvalue weighted by molar-refractivity contribution is 5.97. The molecule has 1 atom stereocenters. The van der Waals surface area contributed by atoms with E-state index in [1.165, 1.54) is 6.92 Å². The van der Waals surface area contributed by atoms with Gasteiger partial charge in [-0.3, -0.25) is 29.3 Å². The van der Waals surface area contributed by atoms with Gasteiger partial charge in [-0.05, 0) is 120 Å². The van der Waals surface area contributed by atoms with Crippen LogP contribution in [0.3, 0.4) is 0 Å². The maximum atomic E-state index is 11.9. The fourth-order valence-electron chi connectivity index (χ4n) is 5.73. The summed E-state index contributed by atoms with van der Waals surface area (Å²) < 4.78 is 16.8. The lowest BCUT2D eigenvalue weighted by atomic mass is 9.96. The highest BCUT2D eigenvalue weighted by Gasteiger charge is 2.20. The van der Waals surface area contributed by atoms with Crippen LogP contribution in [0.5, 0.6) is 17.2 Å². The monoisotopic (exact) mass is 816 g/mol. The molecule has 58 heavy (non-hydrogen) atoms. The van der Waals surface area contributed by atoms with E-state index in [2.05, 4.69) is 33.5 Å². The van der Waals surface area contributed by atoms with Crippen molar-refractivity contribution < 1.29 is 38.2 Å². The number of unbranched alkanes of at least 4 members (excludes halogenated alkanes) is 1. The molecule has 2 aromatic carbocycles. The van der Waals surface area contributed by atoms with Crippen molar-refractivity contribution in [2.45, 2.75) is 113 Å². The van der Waals surface area contributed by atoms with Crippen molar-refractivity contribution in [3.63, 3.8) is 0 Å². The van der Waals surface area contributed by atoms with Gasteiger partial charge in [-0.2, -0.15) is 0 Å². The molecule has 13 nitrogen and oxygen atoms in total. The minimum atomic E-state index is -0.274. The lowest BCUT2D eigenvalue weighted by molar-refractivity contribution is -0.125. The van der Waals surface area contributed by atoms with Crippen LogP contribution in [0.2, 0.25) is 0 Å². The number of ketones is 5. The molecular formula is C45H77N5O8. The molecular weight excluding hydrogens is 739 g/mol. The second kappa shape index (κ2) is 33.9. The Labute approximate surface area is 349 Å². The molecule has 0 aliphatic heterocycles. The van der Waals surface area contributed by atoms with Crippen LogP contribution in [0.25, 0.3) is 0 Å². The van der Waals surface area contributed by atoms with E-state index in [1.807, 2.05) is 73.1 Å². The van der Waals surface area contributed by atoms with E-state index in [0.29, 0.717) is 44.1 Å². The summed E-state index contributed by atoms with van der Waals surface area (Å²) >= 11 is 0. The Hall–Kier alpha value is -4.01. The van der Waals surface area contributed by atoms with Gasteiger partial charge in [0.25, 0.3) is 0 Å². The molecule has 0 unspecified atom stereocenters. The van der Waals surface area contributed by atoms with E-state index in [4.69, 9.17) is 14.2 Å². The molecule has 13 heteroatoms. The van der Waals surface area contributed by atoms with Gasteiger partial charge in [0, 0.05) is 55.1 Å². The first-order valence-corrected chi connectivity index (χ1v) is 20.6. The van der Waals surface area contributed by atoms with Gasteiger partial charge in [-0.15, -0.1) is 0 Å². The van der Waals surface area contributed by atoms with Crippen molar-refractivity contribution in [1.82, 2.24) is 26.6 Å². The number of benzene rings is 2. The molecule has 0 spiro atoms. The number of carbonyl (C=O) groups excluding carboxylic acids is 5. The Bertz CT molecular complexity index is 1510. The van der Waals surface area contributed by atoms with Crippen LogP contribution in [0.1, 0.15) is 125 Å². The predicted molar refractivity (Wildman–Crippen MR) is 236 cm³/mol. The van der Waals surface area contributed by atoms with Crippen molar-refractivity contribution in [2.75, 3.05) is 68.3 Å². The average Bonchev–Trinajstić information content (AvgIpc) is 3.18. The van der Waals surface area contributed by atoms with E-state index in [1.54, 1.807) is 34.9 Å². The molecule has 0 aliphatic rings. The van der Waals surface area contributed by atoms with Crippen LogP contribution in [-0.2, 0) is 27.3 Å². The number of hydrogen-bond donors (Lipinski definition) is 5. The molecule has 0 aromatic heterocycles. The summed E-state index contributed by atoms with van der Waals surface area (Å²) in [6.07, 6.45) is 4.65. The molecule has 0 heterocycles. The summed E-state index contributed by atoms with van der Waals surface area (Å²) in [6, 6.07) is 7.23. The van der Waals surface area contributed by atoms with Gasteiger partial charge in [-0.1, -0.05) is 32.8 Å². The van der Waals surface area contributed by atoms with E-state index >= 15 is 0 Å². The summed E-state index contributed by atoms with van der Waals surface area (Å²) in [5.41, 5.74) is 4.42. The van der Waals surface area contributed by atoms with Gasteiger partial charge >= 0.3 is 0 Å². The maximum Gasteiger partial charge on any atom is 0.163 e. The first kappa shape index (κ1) is 56.1. The Morgan fingerprint density at radius 2 is 1.29 bits per heavy atom. The molecule has 0 radical (unpaired) electrons. The number of nitrogens with one attached hydrogen (secondary N) is 5. The molecule has 0 bridgehead atoms. The molecule has 0 saturated carbocycles. The third kappa shape index (κ3) is 22.8. The minimum absolute atomic E-state index is 0.0176. The molecule has 330 valence electrons. The first-order chi connectivity index (χ1) is 27.6. The molecule has 5 N–H and O–H groups in total. The summed E-state index contributed by atoms with van der Waals surface area (Å²) in [5.74, 6) is 2.84. The standard InChI is InChI=1S/C16H24O3.C12H18N2O2.C10H19NO2.C7H16N2O/c1-6-9-13-14(12(5)17)10-15(18-7-2)11(4)16(13)19-8-3;1-9(15)11-6-10(7-13-2)4-5-12(11)16-8-14-3;1-4-5-6-10(13)9(11-3)7-8(2)12;1-6(10)7(4-8-2)5-9-3/h10H,6-9H2,1-5H3;4-6,13-14H,7-8H2,1-3H3;9,11H,4-7H2,1-3H3;7-9H,4-5H2,1-3H3/t;;9-;/m..0./s1. The molecule has 2 aromatic rings. The van der Waals surface area contributed by atoms with Crippen LogP contribution in [0.4, 0.5) is 0 Å². The first-order valence-electron chi connectivity index (χ1n) is 20.6. The number of likely N-dealkylation sites (N-methyl/N-ethyl adjacent to an activating group) is 1. The normalized spacial score (nSPS) is 10.8.